The van der Waals surface area contributed by atoms with Crippen molar-refractivity contribution >= 4 is 17.0 Å². The molecule has 0 saturated heterocycles. The number of aromatic nitrogens is 1. The van der Waals surface area contributed by atoms with Gasteiger partial charge in [-0.15, -0.1) is 0 Å². The van der Waals surface area contributed by atoms with Gasteiger partial charge in [-0.3, -0.25) is 10.1 Å². The van der Waals surface area contributed by atoms with Gasteiger partial charge in [-0.1, -0.05) is 47.7 Å². The minimum atomic E-state index is -0.454. The van der Waals surface area contributed by atoms with E-state index in [1.807, 2.05) is 35.7 Å². The standard InChI is InChI=1S/C15H10N2O3S/c18-17(19)12-7-4-8-13(9-12)20-15-16-14(10-21-15)11-5-2-1-3-6-11/h1-10H. The zero-order chi connectivity index (χ0) is 14.7. The number of nitro groups is 1. The number of thiazole rings is 1. The number of benzene rings is 2. The second kappa shape index (κ2) is 5.72. The largest absolute Gasteiger partial charge is 0.431 e. The monoisotopic (exact) mass is 298 g/mol. The quantitative estimate of drug-likeness (QED) is 0.525. The van der Waals surface area contributed by atoms with Gasteiger partial charge in [0.15, 0.2) is 0 Å². The van der Waals surface area contributed by atoms with Crippen LogP contribution in [0.15, 0.2) is 60.0 Å². The average molecular weight is 298 g/mol. The number of nitro benzene ring substituents is 1. The Labute approximate surface area is 124 Å². The third-order valence-corrected chi connectivity index (χ3v) is 3.50. The normalized spacial score (nSPS) is 10.3. The van der Waals surface area contributed by atoms with Crippen molar-refractivity contribution in [2.75, 3.05) is 0 Å². The second-order valence-electron chi connectivity index (χ2n) is 4.22. The summed E-state index contributed by atoms with van der Waals surface area (Å²) in [5.74, 6) is 0.401. The van der Waals surface area contributed by atoms with E-state index in [0.29, 0.717) is 10.9 Å². The van der Waals surface area contributed by atoms with Crippen LogP contribution in [0.25, 0.3) is 11.3 Å². The molecule has 0 atom stereocenters. The number of rotatable bonds is 4. The van der Waals surface area contributed by atoms with E-state index >= 15 is 0 Å². The summed E-state index contributed by atoms with van der Waals surface area (Å²) in [6, 6.07) is 15.8. The maximum atomic E-state index is 10.7. The van der Waals surface area contributed by atoms with Crippen LogP contribution >= 0.6 is 11.3 Å². The first-order valence-electron chi connectivity index (χ1n) is 6.15. The summed E-state index contributed by atoms with van der Waals surface area (Å²) in [6.07, 6.45) is 0. The zero-order valence-corrected chi connectivity index (χ0v) is 11.6. The van der Waals surface area contributed by atoms with Gasteiger partial charge in [0.2, 0.25) is 0 Å². The van der Waals surface area contributed by atoms with E-state index in [1.165, 1.54) is 23.5 Å². The van der Waals surface area contributed by atoms with Crippen molar-refractivity contribution in [3.8, 4) is 22.2 Å². The van der Waals surface area contributed by atoms with Gasteiger partial charge in [0.25, 0.3) is 10.9 Å². The summed E-state index contributed by atoms with van der Waals surface area (Å²) in [4.78, 5) is 14.7. The lowest BCUT2D eigenvalue weighted by atomic mass is 10.2. The van der Waals surface area contributed by atoms with Crippen LogP contribution in [0.5, 0.6) is 10.9 Å². The van der Waals surface area contributed by atoms with E-state index in [-0.39, 0.29) is 5.69 Å². The first kappa shape index (κ1) is 13.3. The molecule has 6 heteroatoms. The van der Waals surface area contributed by atoms with Crippen LogP contribution in [0.1, 0.15) is 0 Å². The second-order valence-corrected chi connectivity index (χ2v) is 5.04. The molecule has 0 unspecified atom stereocenters. The Bertz CT molecular complexity index is 771. The Hall–Kier alpha value is -2.73. The third kappa shape index (κ3) is 3.06. The highest BCUT2D eigenvalue weighted by Crippen LogP contribution is 2.30. The molecule has 0 amide bonds. The SMILES string of the molecule is O=[N+]([O-])c1cccc(Oc2nc(-c3ccccc3)cs2)c1. The van der Waals surface area contributed by atoms with Crippen LogP contribution in [0.3, 0.4) is 0 Å². The number of hydrogen-bond acceptors (Lipinski definition) is 5. The smallest absolute Gasteiger partial charge is 0.279 e. The van der Waals surface area contributed by atoms with Gasteiger partial charge in [0.1, 0.15) is 5.75 Å². The number of non-ortho nitro benzene ring substituents is 1. The number of nitrogens with zero attached hydrogens (tertiary/aromatic N) is 2. The highest BCUT2D eigenvalue weighted by atomic mass is 32.1. The highest BCUT2D eigenvalue weighted by Gasteiger charge is 2.09. The molecule has 104 valence electrons. The Morgan fingerprint density at radius 3 is 2.67 bits per heavy atom. The molecule has 0 radical (unpaired) electrons. The highest BCUT2D eigenvalue weighted by molar-refractivity contribution is 7.11. The van der Waals surface area contributed by atoms with Crippen LogP contribution in [-0.4, -0.2) is 9.91 Å². The van der Waals surface area contributed by atoms with E-state index in [9.17, 15) is 10.1 Å². The maximum Gasteiger partial charge on any atom is 0.279 e. The molecule has 0 bridgehead atoms. The van der Waals surface area contributed by atoms with E-state index in [0.717, 1.165) is 11.3 Å². The van der Waals surface area contributed by atoms with Crippen molar-refractivity contribution in [2.45, 2.75) is 0 Å². The summed E-state index contributed by atoms with van der Waals surface area (Å²) in [5.41, 5.74) is 1.82. The summed E-state index contributed by atoms with van der Waals surface area (Å²) in [7, 11) is 0. The lowest BCUT2D eigenvalue weighted by molar-refractivity contribution is -0.384. The molecule has 0 aliphatic rings. The number of ether oxygens (including phenoxy) is 1. The first-order valence-corrected chi connectivity index (χ1v) is 7.03. The fourth-order valence-electron chi connectivity index (χ4n) is 1.81. The first-order chi connectivity index (χ1) is 10.2. The summed E-state index contributed by atoms with van der Waals surface area (Å²) < 4.78 is 5.57. The molecule has 0 spiro atoms. The summed E-state index contributed by atoms with van der Waals surface area (Å²) >= 11 is 1.35. The average Bonchev–Trinajstić information content (AvgIpc) is 2.97. The van der Waals surface area contributed by atoms with Crippen molar-refractivity contribution in [3.63, 3.8) is 0 Å². The molecule has 5 nitrogen and oxygen atoms in total. The topological polar surface area (TPSA) is 65.3 Å². The molecule has 3 rings (SSSR count). The lowest BCUT2D eigenvalue weighted by Gasteiger charge is -2.01. The third-order valence-electron chi connectivity index (χ3n) is 2.79. The fraction of sp³-hybridized carbons (Fsp3) is 0. The molecule has 0 N–H and O–H groups in total. The van der Waals surface area contributed by atoms with Crippen molar-refractivity contribution in [3.05, 3.63) is 70.1 Å². The lowest BCUT2D eigenvalue weighted by Crippen LogP contribution is -1.89. The van der Waals surface area contributed by atoms with Gasteiger partial charge in [0.05, 0.1) is 16.7 Å². The minimum absolute atomic E-state index is 0.00709. The predicted molar refractivity (Wildman–Crippen MR) is 80.7 cm³/mol. The molecule has 1 heterocycles. The Morgan fingerprint density at radius 1 is 1.10 bits per heavy atom. The predicted octanol–water partition coefficient (Wildman–Crippen LogP) is 4.51. The molecule has 0 saturated carbocycles. The molecule has 0 aliphatic carbocycles. The maximum absolute atomic E-state index is 10.7. The summed E-state index contributed by atoms with van der Waals surface area (Å²) in [5, 5.41) is 13.1. The van der Waals surface area contributed by atoms with Gasteiger partial charge in [-0.2, -0.15) is 0 Å². The van der Waals surface area contributed by atoms with Gasteiger partial charge < -0.3 is 4.74 Å². The van der Waals surface area contributed by atoms with Gasteiger partial charge in [0, 0.05) is 17.0 Å². The van der Waals surface area contributed by atoms with Gasteiger partial charge in [-0.25, -0.2) is 4.98 Å². The van der Waals surface area contributed by atoms with Crippen molar-refractivity contribution in [2.24, 2.45) is 0 Å². The van der Waals surface area contributed by atoms with E-state index < -0.39 is 4.92 Å². The van der Waals surface area contributed by atoms with Gasteiger partial charge in [-0.05, 0) is 6.07 Å². The van der Waals surface area contributed by atoms with Crippen LogP contribution < -0.4 is 4.74 Å². The van der Waals surface area contributed by atoms with Crippen molar-refractivity contribution in [1.29, 1.82) is 0 Å². The Balaban J connectivity index is 1.82. The Morgan fingerprint density at radius 2 is 1.90 bits per heavy atom. The van der Waals surface area contributed by atoms with Crippen LogP contribution in [0.4, 0.5) is 5.69 Å². The van der Waals surface area contributed by atoms with Crippen molar-refractivity contribution in [1.82, 2.24) is 4.98 Å². The molecule has 21 heavy (non-hydrogen) atoms. The minimum Gasteiger partial charge on any atom is -0.431 e. The molecular weight excluding hydrogens is 288 g/mol. The van der Waals surface area contributed by atoms with Gasteiger partial charge >= 0.3 is 0 Å². The van der Waals surface area contributed by atoms with Crippen LogP contribution in [0.2, 0.25) is 0 Å². The molecular formula is C15H10N2O3S. The zero-order valence-electron chi connectivity index (χ0n) is 10.8. The fourth-order valence-corrected chi connectivity index (χ4v) is 2.50. The molecule has 1 aromatic heterocycles. The van der Waals surface area contributed by atoms with E-state index in [4.69, 9.17) is 4.74 Å². The molecule has 2 aromatic carbocycles. The molecule has 0 fully saturated rings. The molecule has 0 aliphatic heterocycles. The van der Waals surface area contributed by atoms with E-state index in [2.05, 4.69) is 4.98 Å². The van der Waals surface area contributed by atoms with Crippen molar-refractivity contribution < 1.29 is 9.66 Å². The van der Waals surface area contributed by atoms with Crippen LogP contribution in [0, 0.1) is 10.1 Å². The Kier molecular flexibility index (Phi) is 3.61. The summed E-state index contributed by atoms with van der Waals surface area (Å²) in [6.45, 7) is 0. The van der Waals surface area contributed by atoms with E-state index in [1.54, 1.807) is 12.1 Å². The number of hydrogen-bond donors (Lipinski definition) is 0. The molecule has 3 aromatic rings. The van der Waals surface area contributed by atoms with Crippen LogP contribution in [-0.2, 0) is 0 Å².